The molecule has 25 heavy (non-hydrogen) atoms. The molecule has 2 rings (SSSR count). The maximum atomic E-state index is 8.62. The quantitative estimate of drug-likeness (QED) is 0.468. The Kier molecular flexibility index (Phi) is 7.35. The fraction of sp³-hybridized carbons (Fsp3) is 0.167. The molecule has 0 aliphatic rings. The fourth-order valence-corrected chi connectivity index (χ4v) is 2.52. The Labute approximate surface area is 151 Å². The Morgan fingerprint density at radius 2 is 2.04 bits per heavy atom. The molecule has 0 saturated carbocycles. The molecule has 128 valence electrons. The van der Waals surface area contributed by atoms with Gasteiger partial charge >= 0.3 is 0 Å². The van der Waals surface area contributed by atoms with Gasteiger partial charge in [0.15, 0.2) is 23.3 Å². The number of thioether (sulfide) groups is 1. The average Bonchev–Trinajstić information content (AvgIpc) is 2.65. The zero-order valence-corrected chi connectivity index (χ0v) is 14.6. The van der Waals surface area contributed by atoms with Crippen molar-refractivity contribution in [2.24, 2.45) is 15.9 Å². The Balaban J connectivity index is 1.97. The van der Waals surface area contributed by atoms with Crippen LogP contribution in [0.4, 0.5) is 0 Å². The summed E-state index contributed by atoms with van der Waals surface area (Å²) in [6, 6.07) is 17.2. The van der Waals surface area contributed by atoms with Gasteiger partial charge in [0.2, 0.25) is 0 Å². The predicted molar refractivity (Wildman–Crippen MR) is 101 cm³/mol. The lowest BCUT2D eigenvalue weighted by Gasteiger charge is -2.08. The smallest absolute Gasteiger partial charge is 0.180 e. The molecule has 0 fully saturated rings. The van der Waals surface area contributed by atoms with Crippen LogP contribution in [0.15, 0.2) is 58.7 Å². The second-order valence-corrected chi connectivity index (χ2v) is 5.81. The molecule has 0 heterocycles. The number of methoxy groups -OCH3 is 1. The van der Waals surface area contributed by atoms with Gasteiger partial charge in [0.05, 0.1) is 13.3 Å². The maximum absolute atomic E-state index is 8.62. The largest absolute Gasteiger partial charge is 0.493 e. The number of ether oxygens (including phenoxy) is 2. The summed E-state index contributed by atoms with van der Waals surface area (Å²) in [5, 5.41) is 17.0. The summed E-state index contributed by atoms with van der Waals surface area (Å²) in [5.74, 6) is 1.76. The molecule has 2 N–H and O–H groups in total. The minimum Gasteiger partial charge on any atom is -0.493 e. The maximum Gasteiger partial charge on any atom is 0.180 e. The van der Waals surface area contributed by atoms with Gasteiger partial charge in [-0.15, -0.1) is 5.10 Å². The highest BCUT2D eigenvalue weighted by molar-refractivity contribution is 8.13. The number of nitriles is 1. The van der Waals surface area contributed by atoms with Crippen LogP contribution in [0, 0.1) is 11.3 Å². The number of rotatable bonds is 7. The van der Waals surface area contributed by atoms with Crippen LogP contribution < -0.4 is 15.2 Å². The van der Waals surface area contributed by atoms with Crippen molar-refractivity contribution in [3.05, 3.63) is 59.7 Å². The number of amidine groups is 1. The molecule has 2 aromatic rings. The van der Waals surface area contributed by atoms with Gasteiger partial charge < -0.3 is 15.2 Å². The van der Waals surface area contributed by atoms with E-state index in [-0.39, 0.29) is 6.61 Å². The third-order valence-corrected chi connectivity index (χ3v) is 3.93. The monoisotopic (exact) mass is 354 g/mol. The van der Waals surface area contributed by atoms with Gasteiger partial charge in [0.1, 0.15) is 6.07 Å². The Morgan fingerprint density at radius 3 is 2.76 bits per heavy atom. The first kappa shape index (κ1) is 18.4. The van der Waals surface area contributed by atoms with Crippen LogP contribution in [-0.4, -0.2) is 25.1 Å². The summed E-state index contributed by atoms with van der Waals surface area (Å²) < 4.78 is 10.5. The summed E-state index contributed by atoms with van der Waals surface area (Å²) >= 11 is 1.42. The zero-order chi connectivity index (χ0) is 17.9. The third kappa shape index (κ3) is 6.20. The van der Waals surface area contributed by atoms with Crippen LogP contribution in [0.1, 0.15) is 11.1 Å². The van der Waals surface area contributed by atoms with E-state index >= 15 is 0 Å². The Morgan fingerprint density at radius 1 is 1.24 bits per heavy atom. The molecule has 0 radical (unpaired) electrons. The summed E-state index contributed by atoms with van der Waals surface area (Å²) in [6.07, 6.45) is 1.56. The standard InChI is InChI=1S/C18H18N4O2S/c1-23-16-8-7-15(11-17(16)24-10-9-19)12-21-22-18(20)25-13-14-5-3-2-4-6-14/h2-8,11-12H,10,13H2,1H3,(H2,20,22). The van der Waals surface area contributed by atoms with E-state index in [4.69, 9.17) is 20.5 Å². The van der Waals surface area contributed by atoms with Crippen molar-refractivity contribution in [3.8, 4) is 17.6 Å². The van der Waals surface area contributed by atoms with E-state index in [1.165, 1.54) is 24.4 Å². The second-order valence-electron chi connectivity index (χ2n) is 4.81. The zero-order valence-electron chi connectivity index (χ0n) is 13.8. The van der Waals surface area contributed by atoms with E-state index in [0.29, 0.717) is 16.7 Å². The third-order valence-electron chi connectivity index (χ3n) is 3.07. The lowest BCUT2D eigenvalue weighted by Crippen LogP contribution is -2.06. The molecule has 0 amide bonds. The summed E-state index contributed by atoms with van der Waals surface area (Å²) in [6.45, 7) is -0.0574. The molecule has 0 aromatic heterocycles. The predicted octanol–water partition coefficient (Wildman–Crippen LogP) is 3.18. The van der Waals surface area contributed by atoms with Gasteiger partial charge in [-0.1, -0.05) is 42.1 Å². The summed E-state index contributed by atoms with van der Waals surface area (Å²) in [4.78, 5) is 0. The molecule has 0 saturated heterocycles. The Bertz CT molecular complexity index is 785. The van der Waals surface area contributed by atoms with E-state index < -0.39 is 0 Å². The molecular formula is C18H18N4O2S. The topological polar surface area (TPSA) is 93.0 Å². The van der Waals surface area contributed by atoms with Crippen LogP contribution in [-0.2, 0) is 5.75 Å². The minimum atomic E-state index is -0.0574. The molecule has 2 aromatic carbocycles. The molecule has 0 bridgehead atoms. The fourth-order valence-electron chi connectivity index (χ4n) is 1.91. The van der Waals surface area contributed by atoms with E-state index in [1.54, 1.807) is 18.3 Å². The SMILES string of the molecule is COc1ccc(C=NN=C(N)SCc2ccccc2)cc1OCC#N. The molecular weight excluding hydrogens is 336 g/mol. The first-order valence-corrected chi connectivity index (χ1v) is 8.42. The van der Waals surface area contributed by atoms with Gasteiger partial charge in [-0.05, 0) is 29.3 Å². The van der Waals surface area contributed by atoms with Crippen LogP contribution in [0.5, 0.6) is 11.5 Å². The van der Waals surface area contributed by atoms with Gasteiger partial charge in [-0.3, -0.25) is 0 Å². The van der Waals surface area contributed by atoms with Gasteiger partial charge in [0.25, 0.3) is 0 Å². The van der Waals surface area contributed by atoms with Crippen molar-refractivity contribution < 1.29 is 9.47 Å². The van der Waals surface area contributed by atoms with Crippen LogP contribution in [0.25, 0.3) is 0 Å². The highest BCUT2D eigenvalue weighted by Gasteiger charge is 2.04. The summed E-state index contributed by atoms with van der Waals surface area (Å²) in [7, 11) is 1.54. The van der Waals surface area contributed by atoms with E-state index in [0.717, 1.165) is 11.3 Å². The van der Waals surface area contributed by atoms with Gasteiger partial charge in [-0.25, -0.2) is 0 Å². The van der Waals surface area contributed by atoms with E-state index in [1.807, 2.05) is 42.5 Å². The molecule has 0 spiro atoms. The van der Waals surface area contributed by atoms with E-state index in [2.05, 4.69) is 10.2 Å². The number of hydrogen-bond acceptors (Lipinski definition) is 6. The van der Waals surface area contributed by atoms with Crippen molar-refractivity contribution in [3.63, 3.8) is 0 Å². The first-order valence-electron chi connectivity index (χ1n) is 7.44. The van der Waals surface area contributed by atoms with Crippen molar-refractivity contribution in [1.29, 1.82) is 5.26 Å². The van der Waals surface area contributed by atoms with Crippen LogP contribution in [0.2, 0.25) is 0 Å². The minimum absolute atomic E-state index is 0.0574. The second kappa shape index (κ2) is 10.0. The first-order chi connectivity index (χ1) is 12.2. The number of nitrogens with two attached hydrogens (primary N) is 1. The van der Waals surface area contributed by atoms with Crippen molar-refractivity contribution >= 4 is 23.1 Å². The molecule has 0 aliphatic heterocycles. The van der Waals surface area contributed by atoms with Crippen molar-refractivity contribution in [1.82, 2.24) is 0 Å². The number of nitrogens with zero attached hydrogens (tertiary/aromatic N) is 3. The lowest BCUT2D eigenvalue weighted by molar-refractivity contribution is 0.329. The van der Waals surface area contributed by atoms with Gasteiger partial charge in [-0.2, -0.15) is 10.4 Å². The molecule has 0 atom stereocenters. The number of hydrogen-bond donors (Lipinski definition) is 1. The highest BCUT2D eigenvalue weighted by Crippen LogP contribution is 2.27. The lowest BCUT2D eigenvalue weighted by atomic mass is 10.2. The summed E-state index contributed by atoms with van der Waals surface area (Å²) in [5.41, 5.74) is 7.78. The molecule has 0 aliphatic carbocycles. The Hall–Kier alpha value is -2.98. The van der Waals surface area contributed by atoms with Crippen LogP contribution in [0.3, 0.4) is 0 Å². The molecule has 6 nitrogen and oxygen atoms in total. The van der Waals surface area contributed by atoms with Crippen LogP contribution >= 0.6 is 11.8 Å². The average molecular weight is 354 g/mol. The number of benzene rings is 2. The molecule has 7 heteroatoms. The van der Waals surface area contributed by atoms with Gasteiger partial charge in [0, 0.05) is 5.75 Å². The highest BCUT2D eigenvalue weighted by atomic mass is 32.2. The van der Waals surface area contributed by atoms with E-state index in [9.17, 15) is 0 Å². The van der Waals surface area contributed by atoms with Crippen molar-refractivity contribution in [2.75, 3.05) is 13.7 Å². The van der Waals surface area contributed by atoms with Crippen molar-refractivity contribution in [2.45, 2.75) is 5.75 Å². The normalized spacial score (nSPS) is 11.3. The molecule has 0 unspecified atom stereocenters.